The first kappa shape index (κ1) is 25.8. The summed E-state index contributed by atoms with van der Waals surface area (Å²) >= 11 is 1.74. The summed E-state index contributed by atoms with van der Waals surface area (Å²) in [5, 5.41) is 3.19. The Balaban J connectivity index is 1.41. The molecule has 0 radical (unpaired) electrons. The van der Waals surface area contributed by atoms with Gasteiger partial charge in [-0.3, -0.25) is 14.3 Å². The van der Waals surface area contributed by atoms with Gasteiger partial charge in [-0.05, 0) is 50.5 Å². The lowest BCUT2D eigenvalue weighted by atomic mass is 10.0. The normalized spacial score (nSPS) is 16.0. The minimum absolute atomic E-state index is 0.232. The molecule has 0 amide bonds. The molecule has 4 aromatic heterocycles. The Morgan fingerprint density at radius 1 is 1.05 bits per heavy atom. The van der Waals surface area contributed by atoms with E-state index in [1.165, 1.54) is 0 Å². The number of nitrogens with zero attached hydrogens (tertiary/aromatic N) is 7. The number of rotatable bonds is 11. The van der Waals surface area contributed by atoms with E-state index in [-0.39, 0.29) is 17.4 Å². The summed E-state index contributed by atoms with van der Waals surface area (Å²) in [4.78, 5) is 43.0. The lowest BCUT2D eigenvalue weighted by Crippen LogP contribution is -2.30. The number of pyridine rings is 1. The van der Waals surface area contributed by atoms with Gasteiger partial charge in [0, 0.05) is 30.0 Å². The van der Waals surface area contributed by atoms with E-state index < -0.39 is 0 Å². The van der Waals surface area contributed by atoms with Crippen molar-refractivity contribution in [2.45, 2.75) is 68.8 Å². The summed E-state index contributed by atoms with van der Waals surface area (Å²) in [5.41, 5.74) is 4.55. The van der Waals surface area contributed by atoms with Crippen molar-refractivity contribution in [3.05, 3.63) is 58.3 Å². The summed E-state index contributed by atoms with van der Waals surface area (Å²) in [6.45, 7) is 4.78. The van der Waals surface area contributed by atoms with Crippen LogP contribution in [0, 0.1) is 0 Å². The maximum Gasteiger partial charge on any atom is 0.295 e. The molecule has 4 heterocycles. The predicted octanol–water partition coefficient (Wildman–Crippen LogP) is 4.72. The van der Waals surface area contributed by atoms with Gasteiger partial charge in [0.25, 0.3) is 5.56 Å². The maximum atomic E-state index is 13.8. The van der Waals surface area contributed by atoms with Gasteiger partial charge in [0.1, 0.15) is 11.8 Å². The fourth-order valence-electron chi connectivity index (χ4n) is 4.88. The SMILES string of the molecule is CCSc1ccc(CNc2nc3cnc(-c4c(C5CC5)ncnc4C4CC4)nc3n([C@@H](C)COC)c2=O)nc1. The van der Waals surface area contributed by atoms with Gasteiger partial charge in [0.2, 0.25) is 0 Å². The molecule has 0 spiro atoms. The van der Waals surface area contributed by atoms with Gasteiger partial charge in [0.05, 0.1) is 48.0 Å². The van der Waals surface area contributed by atoms with Crippen molar-refractivity contribution in [1.82, 2.24) is 34.5 Å². The first-order chi connectivity index (χ1) is 19.1. The smallest absolute Gasteiger partial charge is 0.295 e. The molecule has 39 heavy (non-hydrogen) atoms. The first-order valence-corrected chi connectivity index (χ1v) is 14.5. The Labute approximate surface area is 231 Å². The van der Waals surface area contributed by atoms with Gasteiger partial charge < -0.3 is 10.1 Å². The zero-order valence-electron chi connectivity index (χ0n) is 22.4. The van der Waals surface area contributed by atoms with Crippen molar-refractivity contribution in [2.24, 2.45) is 0 Å². The highest BCUT2D eigenvalue weighted by Gasteiger charge is 2.35. The molecule has 2 aliphatic rings. The summed E-state index contributed by atoms with van der Waals surface area (Å²) < 4.78 is 7.08. The number of anilines is 1. The van der Waals surface area contributed by atoms with Crippen LogP contribution in [0.15, 0.2) is 40.5 Å². The molecule has 2 saturated carbocycles. The standard InChI is InChI=1S/C28H32N8O2S/c1-4-39-20-10-9-19(29-12-20)11-30-26-28(37)36(16(2)14-38-3)27-21(34-26)13-31-25(35-27)22-23(17-5-6-17)32-15-33-24(22)18-7-8-18/h9-10,12-13,15-18H,4-8,11,14H2,1-3H3,(H,30,34)/t16-/m0/s1. The molecule has 2 fully saturated rings. The number of nitrogens with one attached hydrogen (secondary N) is 1. The number of ether oxygens (including phenoxy) is 1. The summed E-state index contributed by atoms with van der Waals surface area (Å²) in [6.07, 6.45) is 9.69. The molecular formula is C28H32N8O2S. The zero-order valence-corrected chi connectivity index (χ0v) is 23.2. The molecule has 10 nitrogen and oxygen atoms in total. The summed E-state index contributed by atoms with van der Waals surface area (Å²) in [6, 6.07) is 3.74. The van der Waals surface area contributed by atoms with Crippen molar-refractivity contribution in [3.8, 4) is 11.4 Å². The van der Waals surface area contributed by atoms with Crippen LogP contribution >= 0.6 is 11.8 Å². The predicted molar refractivity (Wildman–Crippen MR) is 151 cm³/mol. The van der Waals surface area contributed by atoms with Crippen molar-refractivity contribution in [3.63, 3.8) is 0 Å². The van der Waals surface area contributed by atoms with Gasteiger partial charge in [-0.1, -0.05) is 6.92 Å². The highest BCUT2D eigenvalue weighted by atomic mass is 32.2. The van der Waals surface area contributed by atoms with Crippen LogP contribution in [0.25, 0.3) is 22.6 Å². The monoisotopic (exact) mass is 544 g/mol. The molecular weight excluding hydrogens is 512 g/mol. The molecule has 0 aliphatic heterocycles. The van der Waals surface area contributed by atoms with Crippen LogP contribution in [0.2, 0.25) is 0 Å². The summed E-state index contributed by atoms with van der Waals surface area (Å²) in [7, 11) is 1.63. The second-order valence-electron chi connectivity index (χ2n) is 10.2. The molecule has 2 aliphatic carbocycles. The van der Waals surface area contributed by atoms with Crippen molar-refractivity contribution in [2.75, 3.05) is 24.8 Å². The third-order valence-corrected chi connectivity index (χ3v) is 7.95. The fraction of sp³-hybridized carbons (Fsp3) is 0.464. The minimum Gasteiger partial charge on any atom is -0.383 e. The van der Waals surface area contributed by atoms with E-state index in [1.807, 2.05) is 25.3 Å². The van der Waals surface area contributed by atoms with Crippen molar-refractivity contribution >= 4 is 28.7 Å². The molecule has 6 rings (SSSR count). The number of hydrogen-bond acceptors (Lipinski definition) is 10. The number of methoxy groups -OCH3 is 1. The first-order valence-electron chi connectivity index (χ1n) is 13.5. The molecule has 0 saturated heterocycles. The van der Waals surface area contributed by atoms with E-state index >= 15 is 0 Å². The van der Waals surface area contributed by atoms with E-state index in [0.717, 1.165) is 59.0 Å². The molecule has 0 bridgehead atoms. The second-order valence-corrected chi connectivity index (χ2v) is 11.5. The number of aromatic nitrogens is 7. The number of hydrogen-bond donors (Lipinski definition) is 1. The van der Waals surface area contributed by atoms with E-state index in [9.17, 15) is 4.79 Å². The average molecular weight is 545 g/mol. The van der Waals surface area contributed by atoms with Crippen molar-refractivity contribution in [1.29, 1.82) is 0 Å². The third kappa shape index (κ3) is 5.38. The Kier molecular flexibility index (Phi) is 7.26. The van der Waals surface area contributed by atoms with Crippen LogP contribution in [-0.4, -0.2) is 53.9 Å². The Morgan fingerprint density at radius 2 is 1.79 bits per heavy atom. The van der Waals surface area contributed by atoms with Crippen LogP contribution in [0.4, 0.5) is 5.82 Å². The van der Waals surface area contributed by atoms with Crippen LogP contribution < -0.4 is 10.9 Å². The van der Waals surface area contributed by atoms with Crippen LogP contribution in [-0.2, 0) is 11.3 Å². The van der Waals surface area contributed by atoms with E-state index in [0.29, 0.717) is 42.0 Å². The fourth-order valence-corrected chi connectivity index (χ4v) is 5.50. The largest absolute Gasteiger partial charge is 0.383 e. The van der Waals surface area contributed by atoms with Crippen LogP contribution in [0.3, 0.4) is 0 Å². The molecule has 4 aromatic rings. The molecule has 202 valence electrons. The lowest BCUT2D eigenvalue weighted by molar-refractivity contribution is 0.162. The highest BCUT2D eigenvalue weighted by Crippen LogP contribution is 2.48. The third-order valence-electron chi connectivity index (χ3n) is 7.08. The highest BCUT2D eigenvalue weighted by molar-refractivity contribution is 7.99. The van der Waals surface area contributed by atoms with Crippen LogP contribution in [0.5, 0.6) is 0 Å². The van der Waals surface area contributed by atoms with Gasteiger partial charge in [0.15, 0.2) is 17.3 Å². The molecule has 0 aromatic carbocycles. The number of fused-ring (bicyclic) bond motifs is 1. The minimum atomic E-state index is -0.266. The Hall–Kier alpha value is -3.44. The molecule has 0 unspecified atom stereocenters. The molecule has 11 heteroatoms. The van der Waals surface area contributed by atoms with E-state index in [1.54, 1.807) is 36.0 Å². The Bertz CT molecular complexity index is 1520. The lowest BCUT2D eigenvalue weighted by Gasteiger charge is -2.19. The van der Waals surface area contributed by atoms with Gasteiger partial charge in [-0.2, -0.15) is 0 Å². The Morgan fingerprint density at radius 3 is 2.41 bits per heavy atom. The zero-order chi connectivity index (χ0) is 26.9. The summed E-state index contributed by atoms with van der Waals surface area (Å²) in [5.74, 6) is 2.62. The van der Waals surface area contributed by atoms with Gasteiger partial charge in [-0.25, -0.2) is 24.9 Å². The second kappa shape index (κ2) is 11.0. The quantitative estimate of drug-likeness (QED) is 0.265. The molecule has 1 N–H and O–H groups in total. The van der Waals surface area contributed by atoms with Crippen LogP contribution in [0.1, 0.15) is 74.5 Å². The van der Waals surface area contributed by atoms with E-state index in [4.69, 9.17) is 14.7 Å². The maximum absolute atomic E-state index is 13.8. The van der Waals surface area contributed by atoms with Crippen molar-refractivity contribution < 1.29 is 4.74 Å². The number of thioether (sulfide) groups is 1. The average Bonchev–Trinajstić information content (AvgIpc) is 3.86. The van der Waals surface area contributed by atoms with Gasteiger partial charge in [-0.15, -0.1) is 11.8 Å². The topological polar surface area (TPSA) is 121 Å². The molecule has 1 atom stereocenters. The van der Waals surface area contributed by atoms with Gasteiger partial charge >= 0.3 is 0 Å². The van der Waals surface area contributed by atoms with E-state index in [2.05, 4.69) is 32.2 Å².